The second kappa shape index (κ2) is 9.77. The van der Waals surface area contributed by atoms with E-state index in [0.29, 0.717) is 36.5 Å². The van der Waals surface area contributed by atoms with E-state index in [1.165, 1.54) is 54.6 Å². The minimum Gasteiger partial charge on any atom is -0.495 e. The maximum Gasteiger partial charge on any atom is 0.573 e. The fraction of sp³-hybridized carbons (Fsp3) is 0.250. The lowest BCUT2D eigenvalue weighted by atomic mass is 10.1. The Bertz CT molecular complexity index is 1420. The first-order valence-corrected chi connectivity index (χ1v) is 11.5. The number of benzene rings is 2. The van der Waals surface area contributed by atoms with Crippen LogP contribution in [-0.4, -0.2) is 51.0 Å². The van der Waals surface area contributed by atoms with Crippen molar-refractivity contribution in [3.05, 3.63) is 71.1 Å². The van der Waals surface area contributed by atoms with Crippen molar-refractivity contribution in [2.24, 2.45) is 0 Å². The summed E-state index contributed by atoms with van der Waals surface area (Å²) >= 11 is 6.30. The molecule has 5 rings (SSSR count). The van der Waals surface area contributed by atoms with Crippen LogP contribution in [0.1, 0.15) is 34.9 Å². The zero-order chi connectivity index (χ0) is 26.2. The number of alkyl halides is 3. The molecule has 4 aromatic rings. The molecule has 1 fully saturated rings. The average Bonchev–Trinajstić information content (AvgIpc) is 3.64. The van der Waals surface area contributed by atoms with E-state index in [1.54, 1.807) is 17.0 Å². The lowest BCUT2D eigenvalue weighted by Crippen LogP contribution is -2.31. The first-order chi connectivity index (χ1) is 17.7. The minimum atomic E-state index is -4.87. The molecule has 3 heterocycles. The van der Waals surface area contributed by atoms with Crippen LogP contribution in [0.5, 0.6) is 11.5 Å². The van der Waals surface area contributed by atoms with Crippen molar-refractivity contribution >= 4 is 17.5 Å². The molecule has 192 valence electrons. The Morgan fingerprint density at radius 3 is 2.62 bits per heavy atom. The third-order valence-corrected chi connectivity index (χ3v) is 6.19. The number of hydrogen-bond donors (Lipinski definition) is 0. The summed E-state index contributed by atoms with van der Waals surface area (Å²) < 4.78 is 53.4. The summed E-state index contributed by atoms with van der Waals surface area (Å²) in [6.07, 6.45) is -0.649. The summed E-state index contributed by atoms with van der Waals surface area (Å²) in [7, 11) is 1.44. The number of methoxy groups -OCH3 is 1. The van der Waals surface area contributed by atoms with Crippen molar-refractivity contribution in [1.29, 1.82) is 0 Å². The van der Waals surface area contributed by atoms with Crippen LogP contribution in [-0.2, 0) is 0 Å². The molecular formula is C24H19ClF3N5O4. The number of rotatable bonds is 6. The van der Waals surface area contributed by atoms with Crippen molar-refractivity contribution < 1.29 is 32.0 Å². The summed E-state index contributed by atoms with van der Waals surface area (Å²) in [6, 6.07) is 9.73. The van der Waals surface area contributed by atoms with Gasteiger partial charge in [0.2, 0.25) is 0 Å². The molecule has 1 unspecified atom stereocenters. The van der Waals surface area contributed by atoms with Crippen LogP contribution in [0.25, 0.3) is 17.0 Å². The van der Waals surface area contributed by atoms with Crippen molar-refractivity contribution in [2.45, 2.75) is 25.2 Å². The summed E-state index contributed by atoms with van der Waals surface area (Å²) in [5, 5.41) is 12.6. The van der Waals surface area contributed by atoms with Crippen molar-refractivity contribution in [2.75, 3.05) is 13.7 Å². The first-order valence-electron chi connectivity index (χ1n) is 11.1. The van der Waals surface area contributed by atoms with Gasteiger partial charge in [-0.25, -0.2) is 0 Å². The predicted molar refractivity (Wildman–Crippen MR) is 125 cm³/mol. The fourth-order valence-electron chi connectivity index (χ4n) is 4.30. The Morgan fingerprint density at radius 2 is 1.89 bits per heavy atom. The second-order valence-corrected chi connectivity index (χ2v) is 8.55. The highest BCUT2D eigenvalue weighted by Gasteiger charge is 2.36. The number of hydrogen-bond acceptors (Lipinski definition) is 7. The fourth-order valence-corrected chi connectivity index (χ4v) is 4.54. The van der Waals surface area contributed by atoms with E-state index in [4.69, 9.17) is 20.9 Å². The molecule has 1 saturated heterocycles. The van der Waals surface area contributed by atoms with Crippen LogP contribution in [0.3, 0.4) is 0 Å². The van der Waals surface area contributed by atoms with Gasteiger partial charge in [-0.05, 0) is 37.1 Å². The molecule has 9 nitrogen and oxygen atoms in total. The number of halogens is 4. The number of carbonyl (C=O) groups is 1. The Labute approximate surface area is 213 Å². The van der Waals surface area contributed by atoms with Crippen molar-refractivity contribution in [3.8, 4) is 28.5 Å². The zero-order valence-electron chi connectivity index (χ0n) is 19.3. The van der Waals surface area contributed by atoms with Crippen LogP contribution >= 0.6 is 11.6 Å². The van der Waals surface area contributed by atoms with E-state index >= 15 is 0 Å². The first kappa shape index (κ1) is 24.6. The summed E-state index contributed by atoms with van der Waals surface area (Å²) in [5.74, 6) is -0.359. The molecule has 0 radical (unpaired) electrons. The Balaban J connectivity index is 1.48. The Morgan fingerprint density at radius 1 is 1.14 bits per heavy atom. The standard InChI is InChI=1S/C24H19ClF3N5O4/c1-35-22-11-15(19(12-16(22)25)33-29-8-9-30-33)23(34)32-10-4-6-18(32)17-13-21(37-31-17)14-5-2-3-7-20(14)36-24(26,27)28/h2-3,5,7-9,11-13,18H,4,6,10H2,1H3. The normalized spacial score (nSPS) is 15.7. The smallest absolute Gasteiger partial charge is 0.495 e. The maximum atomic E-state index is 13.8. The van der Waals surface area contributed by atoms with E-state index in [1.807, 2.05) is 0 Å². The largest absolute Gasteiger partial charge is 0.573 e. The van der Waals surface area contributed by atoms with E-state index in [0.717, 1.165) is 0 Å². The molecule has 13 heteroatoms. The van der Waals surface area contributed by atoms with Gasteiger partial charge in [0.05, 0.1) is 41.7 Å². The van der Waals surface area contributed by atoms with Crippen LogP contribution in [0.4, 0.5) is 13.2 Å². The number of ether oxygens (including phenoxy) is 2. The summed E-state index contributed by atoms with van der Waals surface area (Å²) in [4.78, 5) is 16.7. The summed E-state index contributed by atoms with van der Waals surface area (Å²) in [6.45, 7) is 0.427. The van der Waals surface area contributed by atoms with Crippen LogP contribution in [0.2, 0.25) is 5.02 Å². The quantitative estimate of drug-likeness (QED) is 0.325. The third kappa shape index (κ3) is 4.96. The number of carbonyl (C=O) groups excluding carboxylic acids is 1. The molecule has 2 aromatic carbocycles. The lowest BCUT2D eigenvalue weighted by Gasteiger charge is -2.24. The molecule has 1 atom stereocenters. The topological polar surface area (TPSA) is 95.5 Å². The van der Waals surface area contributed by atoms with E-state index in [-0.39, 0.29) is 27.8 Å². The highest BCUT2D eigenvalue weighted by Crippen LogP contribution is 2.39. The molecule has 0 N–H and O–H groups in total. The van der Waals surface area contributed by atoms with Gasteiger partial charge in [0.25, 0.3) is 5.91 Å². The number of amides is 1. The molecular weight excluding hydrogens is 515 g/mol. The molecule has 0 aliphatic carbocycles. The maximum absolute atomic E-state index is 13.8. The van der Waals surface area contributed by atoms with Gasteiger partial charge in [-0.2, -0.15) is 15.0 Å². The molecule has 0 spiro atoms. The van der Waals surface area contributed by atoms with Gasteiger partial charge in [-0.1, -0.05) is 28.9 Å². The lowest BCUT2D eigenvalue weighted by molar-refractivity contribution is -0.274. The van der Waals surface area contributed by atoms with Gasteiger partial charge >= 0.3 is 6.36 Å². The zero-order valence-corrected chi connectivity index (χ0v) is 20.0. The predicted octanol–water partition coefficient (Wildman–Crippen LogP) is 5.46. The molecule has 1 amide bonds. The number of para-hydroxylation sites is 1. The number of nitrogens with zero attached hydrogens (tertiary/aromatic N) is 5. The number of aromatic nitrogens is 4. The molecule has 1 aliphatic heterocycles. The third-order valence-electron chi connectivity index (χ3n) is 5.90. The van der Waals surface area contributed by atoms with Gasteiger partial charge in [0, 0.05) is 12.6 Å². The molecule has 2 aromatic heterocycles. The summed E-state index contributed by atoms with van der Waals surface area (Å²) in [5.41, 5.74) is 1.12. The molecule has 0 saturated carbocycles. The Kier molecular flexibility index (Phi) is 6.50. The second-order valence-electron chi connectivity index (χ2n) is 8.14. The number of likely N-dealkylation sites (tertiary alicyclic amines) is 1. The van der Waals surface area contributed by atoms with E-state index in [9.17, 15) is 18.0 Å². The van der Waals surface area contributed by atoms with Gasteiger partial charge in [-0.15, -0.1) is 13.2 Å². The molecule has 1 aliphatic rings. The van der Waals surface area contributed by atoms with E-state index < -0.39 is 18.2 Å². The highest BCUT2D eigenvalue weighted by atomic mass is 35.5. The van der Waals surface area contributed by atoms with Crippen molar-refractivity contribution in [1.82, 2.24) is 25.1 Å². The minimum absolute atomic E-state index is 0.0868. The van der Waals surface area contributed by atoms with Gasteiger partial charge in [0.1, 0.15) is 22.9 Å². The highest BCUT2D eigenvalue weighted by molar-refractivity contribution is 6.32. The monoisotopic (exact) mass is 533 g/mol. The van der Waals surface area contributed by atoms with Gasteiger partial charge in [0.15, 0.2) is 5.76 Å². The Hall–Kier alpha value is -4.06. The van der Waals surface area contributed by atoms with Gasteiger partial charge < -0.3 is 18.9 Å². The van der Waals surface area contributed by atoms with Crippen LogP contribution < -0.4 is 9.47 Å². The average molecular weight is 534 g/mol. The van der Waals surface area contributed by atoms with Crippen LogP contribution in [0, 0.1) is 0 Å². The van der Waals surface area contributed by atoms with E-state index in [2.05, 4.69) is 20.1 Å². The van der Waals surface area contributed by atoms with Crippen LogP contribution in [0.15, 0.2) is 59.4 Å². The van der Waals surface area contributed by atoms with Gasteiger partial charge in [-0.3, -0.25) is 4.79 Å². The van der Waals surface area contributed by atoms with Crippen molar-refractivity contribution in [3.63, 3.8) is 0 Å². The molecule has 37 heavy (non-hydrogen) atoms. The molecule has 0 bridgehead atoms. The SMILES string of the molecule is COc1cc(C(=O)N2CCCC2c2cc(-c3ccccc3OC(F)(F)F)on2)c(-n2nccn2)cc1Cl.